The molecule has 1 heterocycles. The van der Waals surface area contributed by atoms with Crippen LogP contribution in [0, 0.1) is 5.92 Å². The van der Waals surface area contributed by atoms with E-state index in [0.29, 0.717) is 13.0 Å². The molecule has 1 unspecified atom stereocenters. The van der Waals surface area contributed by atoms with Gasteiger partial charge < -0.3 is 9.47 Å². The van der Waals surface area contributed by atoms with Crippen LogP contribution in [0.3, 0.4) is 0 Å². The number of ether oxygens (including phenoxy) is 2. The third-order valence-corrected chi connectivity index (χ3v) is 4.91. The van der Waals surface area contributed by atoms with E-state index in [0.717, 1.165) is 34.6 Å². The Bertz CT molecular complexity index is 976. The van der Waals surface area contributed by atoms with Crippen molar-refractivity contribution in [3.05, 3.63) is 60.2 Å². The highest BCUT2D eigenvalue weighted by Crippen LogP contribution is 2.26. The Morgan fingerprint density at radius 1 is 1.00 bits per heavy atom. The van der Waals surface area contributed by atoms with Crippen LogP contribution in [0.4, 0.5) is 0 Å². The van der Waals surface area contributed by atoms with Gasteiger partial charge in [-0.1, -0.05) is 42.5 Å². The maximum absolute atomic E-state index is 12.4. The quantitative estimate of drug-likeness (QED) is 0.400. The van der Waals surface area contributed by atoms with Crippen molar-refractivity contribution in [1.29, 1.82) is 0 Å². The van der Waals surface area contributed by atoms with Crippen molar-refractivity contribution in [3.63, 3.8) is 0 Å². The van der Waals surface area contributed by atoms with Gasteiger partial charge in [0.25, 0.3) is 0 Å². The van der Waals surface area contributed by atoms with Crippen molar-refractivity contribution in [2.75, 3.05) is 6.61 Å². The van der Waals surface area contributed by atoms with Gasteiger partial charge in [0.2, 0.25) is 0 Å². The summed E-state index contributed by atoms with van der Waals surface area (Å²) in [5.41, 5.74) is 0.934. The molecule has 4 rings (SSSR count). The Morgan fingerprint density at radius 3 is 2.62 bits per heavy atom. The molecule has 4 nitrogen and oxygen atoms in total. The van der Waals surface area contributed by atoms with Crippen LogP contribution in [0.5, 0.6) is 0 Å². The predicted molar refractivity (Wildman–Crippen MR) is 99.6 cm³/mol. The van der Waals surface area contributed by atoms with Crippen LogP contribution in [0.1, 0.15) is 24.8 Å². The summed E-state index contributed by atoms with van der Waals surface area (Å²) in [4.78, 5) is 24.3. The monoisotopic (exact) mass is 348 g/mol. The number of esters is 2. The van der Waals surface area contributed by atoms with Crippen LogP contribution in [-0.2, 0) is 25.7 Å². The minimum Gasteiger partial charge on any atom is -0.465 e. The van der Waals surface area contributed by atoms with Gasteiger partial charge in [-0.15, -0.1) is 0 Å². The van der Waals surface area contributed by atoms with Crippen LogP contribution in [0.15, 0.2) is 54.6 Å². The summed E-state index contributed by atoms with van der Waals surface area (Å²) < 4.78 is 10.5. The van der Waals surface area contributed by atoms with E-state index in [1.54, 1.807) is 0 Å². The molecule has 0 amide bonds. The van der Waals surface area contributed by atoms with Crippen molar-refractivity contribution in [2.45, 2.75) is 25.9 Å². The largest absolute Gasteiger partial charge is 0.465 e. The Labute approximate surface area is 151 Å². The standard InChI is InChI=1S/C22H20O4/c23-21-19(10-3-4-11-25-21)22(24)26-14-18-9-5-8-17-12-15-6-1-2-7-16(15)13-20(17)18/h1-2,5-9,12-13,19H,3-4,10-11,14H2. The third kappa shape index (κ3) is 3.27. The fourth-order valence-corrected chi connectivity index (χ4v) is 3.46. The average Bonchev–Trinajstić information content (AvgIpc) is 2.89. The number of carbonyl (C=O) groups excluding carboxylic acids is 2. The molecule has 0 bridgehead atoms. The summed E-state index contributed by atoms with van der Waals surface area (Å²) in [6.07, 6.45) is 2.09. The zero-order valence-electron chi connectivity index (χ0n) is 14.4. The molecule has 1 atom stereocenters. The molecule has 1 aliphatic rings. The van der Waals surface area contributed by atoms with E-state index < -0.39 is 17.9 Å². The topological polar surface area (TPSA) is 52.6 Å². The number of cyclic esters (lactones) is 1. The van der Waals surface area contributed by atoms with Crippen molar-refractivity contribution in [3.8, 4) is 0 Å². The van der Waals surface area contributed by atoms with Gasteiger partial charge >= 0.3 is 11.9 Å². The van der Waals surface area contributed by atoms with Gasteiger partial charge in [-0.05, 0) is 58.5 Å². The first-order valence-electron chi connectivity index (χ1n) is 8.96. The second kappa shape index (κ2) is 7.16. The molecule has 0 aliphatic carbocycles. The lowest BCUT2D eigenvalue weighted by molar-refractivity contribution is -0.162. The van der Waals surface area contributed by atoms with Gasteiger partial charge in [0, 0.05) is 0 Å². The second-order valence-corrected chi connectivity index (χ2v) is 6.66. The molecule has 1 aliphatic heterocycles. The van der Waals surface area contributed by atoms with E-state index in [9.17, 15) is 9.59 Å². The molecule has 4 heteroatoms. The van der Waals surface area contributed by atoms with Gasteiger partial charge in [-0.3, -0.25) is 9.59 Å². The molecule has 0 spiro atoms. The lowest BCUT2D eigenvalue weighted by atomic mass is 10.00. The molecular formula is C22H20O4. The Balaban J connectivity index is 1.58. The molecule has 1 fully saturated rings. The Morgan fingerprint density at radius 2 is 1.77 bits per heavy atom. The van der Waals surface area contributed by atoms with Crippen molar-refractivity contribution < 1.29 is 19.1 Å². The highest BCUT2D eigenvalue weighted by molar-refractivity contribution is 6.00. The van der Waals surface area contributed by atoms with Crippen molar-refractivity contribution >= 4 is 33.5 Å². The minimum atomic E-state index is -0.798. The minimum absolute atomic E-state index is 0.151. The van der Waals surface area contributed by atoms with Crippen LogP contribution < -0.4 is 0 Å². The van der Waals surface area contributed by atoms with Crippen LogP contribution in [-0.4, -0.2) is 18.5 Å². The van der Waals surface area contributed by atoms with E-state index in [1.807, 2.05) is 24.3 Å². The molecule has 3 aromatic rings. The number of rotatable bonds is 3. The molecular weight excluding hydrogens is 328 g/mol. The Kier molecular flexibility index (Phi) is 4.57. The Hall–Kier alpha value is -2.88. The SMILES string of the molecule is O=C1OCCCCC1C(=O)OCc1cccc2cc3ccccc3cc12. The first kappa shape index (κ1) is 16.6. The normalized spacial score (nSPS) is 17.7. The maximum atomic E-state index is 12.4. The average molecular weight is 348 g/mol. The lowest BCUT2D eigenvalue weighted by Gasteiger charge is -2.13. The molecule has 132 valence electrons. The van der Waals surface area contributed by atoms with Gasteiger partial charge in [0.15, 0.2) is 5.92 Å². The van der Waals surface area contributed by atoms with E-state index in [-0.39, 0.29) is 6.61 Å². The fraction of sp³-hybridized carbons (Fsp3) is 0.273. The van der Waals surface area contributed by atoms with E-state index in [1.165, 1.54) is 5.39 Å². The number of benzene rings is 3. The lowest BCUT2D eigenvalue weighted by Crippen LogP contribution is -2.26. The number of carbonyl (C=O) groups is 2. The maximum Gasteiger partial charge on any atom is 0.320 e. The van der Waals surface area contributed by atoms with Gasteiger partial charge in [-0.25, -0.2) is 0 Å². The van der Waals surface area contributed by atoms with Crippen LogP contribution >= 0.6 is 0 Å². The van der Waals surface area contributed by atoms with E-state index in [4.69, 9.17) is 9.47 Å². The smallest absolute Gasteiger partial charge is 0.320 e. The first-order valence-corrected chi connectivity index (χ1v) is 8.96. The summed E-state index contributed by atoms with van der Waals surface area (Å²) >= 11 is 0. The fourth-order valence-electron chi connectivity index (χ4n) is 3.46. The summed E-state index contributed by atoms with van der Waals surface area (Å²) in [6, 6.07) is 18.4. The third-order valence-electron chi connectivity index (χ3n) is 4.91. The zero-order valence-corrected chi connectivity index (χ0v) is 14.4. The highest BCUT2D eigenvalue weighted by Gasteiger charge is 2.31. The van der Waals surface area contributed by atoms with Gasteiger partial charge in [-0.2, -0.15) is 0 Å². The van der Waals surface area contributed by atoms with E-state index >= 15 is 0 Å². The summed E-state index contributed by atoms with van der Waals surface area (Å²) in [5, 5.41) is 4.48. The molecule has 1 saturated heterocycles. The highest BCUT2D eigenvalue weighted by atomic mass is 16.6. The summed E-state index contributed by atoms with van der Waals surface area (Å²) in [6.45, 7) is 0.539. The number of fused-ring (bicyclic) bond motifs is 2. The van der Waals surface area contributed by atoms with Crippen LogP contribution in [0.2, 0.25) is 0 Å². The van der Waals surface area contributed by atoms with Gasteiger partial charge in [0.1, 0.15) is 6.61 Å². The number of hydrogen-bond donors (Lipinski definition) is 0. The van der Waals surface area contributed by atoms with E-state index in [2.05, 4.69) is 30.3 Å². The molecule has 0 N–H and O–H groups in total. The predicted octanol–water partition coefficient (Wildman–Crippen LogP) is 4.38. The molecule has 26 heavy (non-hydrogen) atoms. The zero-order chi connectivity index (χ0) is 17.9. The summed E-state index contributed by atoms with van der Waals surface area (Å²) in [5.74, 6) is -1.75. The van der Waals surface area contributed by atoms with Crippen molar-refractivity contribution in [1.82, 2.24) is 0 Å². The molecule has 0 radical (unpaired) electrons. The molecule has 0 aromatic heterocycles. The van der Waals surface area contributed by atoms with Gasteiger partial charge in [0.05, 0.1) is 6.61 Å². The summed E-state index contributed by atoms with van der Waals surface area (Å²) in [7, 11) is 0. The molecule has 0 saturated carbocycles. The number of hydrogen-bond acceptors (Lipinski definition) is 4. The first-order chi connectivity index (χ1) is 12.7. The van der Waals surface area contributed by atoms with Crippen molar-refractivity contribution in [2.24, 2.45) is 5.92 Å². The second-order valence-electron chi connectivity index (χ2n) is 6.66. The molecule has 3 aromatic carbocycles. The van der Waals surface area contributed by atoms with Crippen LogP contribution in [0.25, 0.3) is 21.5 Å².